The van der Waals surface area contributed by atoms with E-state index in [1.165, 1.54) is 0 Å². The third-order valence-electron chi connectivity index (χ3n) is 3.77. The quantitative estimate of drug-likeness (QED) is 0.777. The number of benzene rings is 1. The molecule has 1 aliphatic carbocycles. The minimum Gasteiger partial charge on any atom is -0.380 e. The number of nitrogens with one attached hydrogen (secondary N) is 1. The summed E-state index contributed by atoms with van der Waals surface area (Å²) in [4.78, 5) is 0. The summed E-state index contributed by atoms with van der Waals surface area (Å²) in [7, 11) is 0. The number of anilines is 1. The molecule has 0 aliphatic heterocycles. The van der Waals surface area contributed by atoms with E-state index in [-0.39, 0.29) is 11.7 Å². The highest BCUT2D eigenvalue weighted by Gasteiger charge is 2.26. The Hall–Kier alpha value is -1.19. The van der Waals surface area contributed by atoms with Crippen molar-refractivity contribution in [3.8, 4) is 0 Å². The highest BCUT2D eigenvalue weighted by Crippen LogP contribution is 2.31. The monoisotopic (exact) mass is 257 g/mol. The minimum atomic E-state index is -1.14. The Morgan fingerprint density at radius 2 is 1.83 bits per heavy atom. The van der Waals surface area contributed by atoms with Crippen LogP contribution in [-0.2, 0) is 0 Å². The molecule has 1 saturated carbocycles. The first-order chi connectivity index (χ1) is 8.47. The lowest BCUT2D eigenvalue weighted by atomic mass is 9.80. The Balaban J connectivity index is 2.14. The van der Waals surface area contributed by atoms with Gasteiger partial charge in [0.2, 0.25) is 0 Å². The maximum absolute atomic E-state index is 13.5. The fourth-order valence-corrected chi connectivity index (χ4v) is 2.74. The van der Waals surface area contributed by atoms with Gasteiger partial charge in [-0.25, -0.2) is 13.2 Å². The van der Waals surface area contributed by atoms with Crippen molar-refractivity contribution < 1.29 is 13.2 Å². The molecule has 1 fully saturated rings. The molecule has 0 amide bonds. The van der Waals surface area contributed by atoms with Crippen molar-refractivity contribution >= 4 is 5.69 Å². The van der Waals surface area contributed by atoms with Gasteiger partial charge >= 0.3 is 0 Å². The molecule has 3 atom stereocenters. The fourth-order valence-electron chi connectivity index (χ4n) is 2.74. The third kappa shape index (κ3) is 2.79. The summed E-state index contributed by atoms with van der Waals surface area (Å²) in [6.45, 7) is 4.27. The number of halogens is 3. The second-order valence-electron chi connectivity index (χ2n) is 5.40. The second-order valence-corrected chi connectivity index (χ2v) is 5.40. The molecule has 1 N–H and O–H groups in total. The van der Waals surface area contributed by atoms with Crippen molar-refractivity contribution in [3.63, 3.8) is 0 Å². The molecule has 0 heterocycles. The van der Waals surface area contributed by atoms with Gasteiger partial charge in [0, 0.05) is 18.2 Å². The van der Waals surface area contributed by atoms with Gasteiger partial charge in [-0.1, -0.05) is 13.8 Å². The van der Waals surface area contributed by atoms with E-state index in [1.54, 1.807) is 0 Å². The molecule has 100 valence electrons. The van der Waals surface area contributed by atoms with Crippen LogP contribution in [0.25, 0.3) is 0 Å². The SMILES string of the molecule is CC1CCC(Nc2cc(F)cc(F)c2F)C(C)C1. The first-order valence-electron chi connectivity index (χ1n) is 6.38. The molecule has 0 aromatic heterocycles. The standard InChI is InChI=1S/C14H18F3N/c1-8-3-4-12(9(2)5-8)18-13-7-10(15)6-11(16)14(13)17/h6-9,12,18H,3-5H2,1-2H3. The Morgan fingerprint density at radius 3 is 2.50 bits per heavy atom. The minimum absolute atomic E-state index is 0.0705. The van der Waals surface area contributed by atoms with Crippen LogP contribution >= 0.6 is 0 Å². The molecule has 1 aliphatic rings. The fraction of sp³-hybridized carbons (Fsp3) is 0.571. The van der Waals surface area contributed by atoms with Crippen LogP contribution in [0.2, 0.25) is 0 Å². The molecule has 1 nitrogen and oxygen atoms in total. The van der Waals surface area contributed by atoms with Gasteiger partial charge in [-0.2, -0.15) is 0 Å². The predicted molar refractivity (Wildman–Crippen MR) is 65.9 cm³/mol. The van der Waals surface area contributed by atoms with Crippen molar-refractivity contribution in [2.45, 2.75) is 39.2 Å². The second kappa shape index (κ2) is 5.21. The summed E-state index contributed by atoms with van der Waals surface area (Å²) in [5, 5.41) is 2.95. The van der Waals surface area contributed by atoms with Gasteiger partial charge in [-0.15, -0.1) is 0 Å². The van der Waals surface area contributed by atoms with Crippen molar-refractivity contribution in [3.05, 3.63) is 29.6 Å². The maximum Gasteiger partial charge on any atom is 0.182 e. The summed E-state index contributed by atoms with van der Waals surface area (Å²) in [6, 6.07) is 1.66. The molecule has 2 rings (SSSR count). The molecule has 4 heteroatoms. The van der Waals surface area contributed by atoms with E-state index in [4.69, 9.17) is 0 Å². The van der Waals surface area contributed by atoms with E-state index in [2.05, 4.69) is 19.2 Å². The lowest BCUT2D eigenvalue weighted by Crippen LogP contribution is -2.33. The summed E-state index contributed by atoms with van der Waals surface area (Å²) in [5.41, 5.74) is -0.0705. The normalized spacial score (nSPS) is 28.2. The first kappa shape index (κ1) is 13.2. The van der Waals surface area contributed by atoms with E-state index >= 15 is 0 Å². The molecule has 0 bridgehead atoms. The van der Waals surface area contributed by atoms with Crippen LogP contribution in [0, 0.1) is 29.3 Å². The van der Waals surface area contributed by atoms with Crippen molar-refractivity contribution in [1.29, 1.82) is 0 Å². The van der Waals surface area contributed by atoms with Gasteiger partial charge < -0.3 is 5.32 Å². The number of hydrogen-bond acceptors (Lipinski definition) is 1. The van der Waals surface area contributed by atoms with Gasteiger partial charge in [0.25, 0.3) is 0 Å². The van der Waals surface area contributed by atoms with Crippen LogP contribution in [0.4, 0.5) is 18.9 Å². The summed E-state index contributed by atoms with van der Waals surface area (Å²) < 4.78 is 39.7. The Labute approximate surface area is 105 Å². The summed E-state index contributed by atoms with van der Waals surface area (Å²) >= 11 is 0. The lowest BCUT2D eigenvalue weighted by molar-refractivity contribution is 0.276. The summed E-state index contributed by atoms with van der Waals surface area (Å²) in [5.74, 6) is -1.86. The largest absolute Gasteiger partial charge is 0.380 e. The van der Waals surface area contributed by atoms with Crippen LogP contribution in [-0.4, -0.2) is 6.04 Å². The molecule has 1 aromatic rings. The van der Waals surface area contributed by atoms with E-state index in [1.807, 2.05) is 0 Å². The predicted octanol–water partition coefficient (Wildman–Crippen LogP) is 4.34. The highest BCUT2D eigenvalue weighted by atomic mass is 19.2. The van der Waals surface area contributed by atoms with Crippen molar-refractivity contribution in [2.24, 2.45) is 11.8 Å². The number of rotatable bonds is 2. The van der Waals surface area contributed by atoms with Crippen LogP contribution in [0.15, 0.2) is 12.1 Å². The molecule has 0 spiro atoms. The van der Waals surface area contributed by atoms with Gasteiger partial charge in [-0.05, 0) is 31.1 Å². The van der Waals surface area contributed by atoms with Crippen LogP contribution in [0.5, 0.6) is 0 Å². The average molecular weight is 257 g/mol. The molecule has 0 radical (unpaired) electrons. The average Bonchev–Trinajstić information content (AvgIpc) is 2.29. The molecular formula is C14H18F3N. The smallest absolute Gasteiger partial charge is 0.182 e. The van der Waals surface area contributed by atoms with Crippen LogP contribution < -0.4 is 5.32 Å². The van der Waals surface area contributed by atoms with Crippen LogP contribution in [0.1, 0.15) is 33.1 Å². The highest BCUT2D eigenvalue weighted by molar-refractivity contribution is 5.46. The third-order valence-corrected chi connectivity index (χ3v) is 3.77. The lowest BCUT2D eigenvalue weighted by Gasteiger charge is -2.33. The zero-order chi connectivity index (χ0) is 13.3. The molecule has 0 saturated heterocycles. The number of hydrogen-bond donors (Lipinski definition) is 1. The maximum atomic E-state index is 13.5. The van der Waals surface area contributed by atoms with E-state index in [9.17, 15) is 13.2 Å². The van der Waals surface area contributed by atoms with E-state index in [0.717, 1.165) is 25.3 Å². The van der Waals surface area contributed by atoms with Crippen molar-refractivity contribution in [1.82, 2.24) is 0 Å². The topological polar surface area (TPSA) is 12.0 Å². The van der Waals surface area contributed by atoms with Crippen LogP contribution in [0.3, 0.4) is 0 Å². The van der Waals surface area contributed by atoms with E-state index in [0.29, 0.717) is 17.9 Å². The Bertz CT molecular complexity index is 433. The van der Waals surface area contributed by atoms with E-state index < -0.39 is 17.5 Å². The van der Waals surface area contributed by atoms with Gasteiger partial charge in [0.15, 0.2) is 11.6 Å². The zero-order valence-electron chi connectivity index (χ0n) is 10.6. The molecule has 3 unspecified atom stereocenters. The molecule has 1 aromatic carbocycles. The van der Waals surface area contributed by atoms with Gasteiger partial charge in [0.05, 0.1) is 5.69 Å². The van der Waals surface area contributed by atoms with Gasteiger partial charge in [-0.3, -0.25) is 0 Å². The van der Waals surface area contributed by atoms with Gasteiger partial charge in [0.1, 0.15) is 5.82 Å². The zero-order valence-corrected chi connectivity index (χ0v) is 10.6. The first-order valence-corrected chi connectivity index (χ1v) is 6.38. The Kier molecular flexibility index (Phi) is 3.83. The summed E-state index contributed by atoms with van der Waals surface area (Å²) in [6.07, 6.45) is 3.01. The molecular weight excluding hydrogens is 239 g/mol. The molecule has 18 heavy (non-hydrogen) atoms. The Morgan fingerprint density at radius 1 is 1.11 bits per heavy atom. The van der Waals surface area contributed by atoms with Crippen molar-refractivity contribution in [2.75, 3.05) is 5.32 Å².